The second kappa shape index (κ2) is 15.7. The fourth-order valence-electron chi connectivity index (χ4n) is 6.57. The van der Waals surface area contributed by atoms with Gasteiger partial charge in [-0.05, 0) is 55.2 Å². The average molecular weight is 677 g/mol. The van der Waals surface area contributed by atoms with Crippen LogP contribution < -0.4 is 4.31 Å². The highest BCUT2D eigenvalue weighted by atomic mass is 32.2. The first-order chi connectivity index (χ1) is 23.8. The summed E-state index contributed by atoms with van der Waals surface area (Å²) in [5.74, 6) is 0.0851. The van der Waals surface area contributed by atoms with Gasteiger partial charge in [0.15, 0.2) is 0 Å². The Morgan fingerprint density at radius 2 is 1.37 bits per heavy atom. The van der Waals surface area contributed by atoms with Crippen molar-refractivity contribution in [3.63, 3.8) is 0 Å². The van der Waals surface area contributed by atoms with Crippen molar-refractivity contribution in [2.75, 3.05) is 24.0 Å². The lowest BCUT2D eigenvalue weighted by atomic mass is 10.0. The Morgan fingerprint density at radius 3 is 1.98 bits per heavy atom. The molecule has 9 heteroatoms. The van der Waals surface area contributed by atoms with Crippen molar-refractivity contribution in [1.29, 1.82) is 0 Å². The van der Waals surface area contributed by atoms with E-state index >= 15 is 0 Å². The van der Waals surface area contributed by atoms with E-state index in [4.69, 9.17) is 4.74 Å². The maximum Gasteiger partial charge on any atom is 0.409 e. The van der Waals surface area contributed by atoms with Gasteiger partial charge in [0, 0.05) is 55.8 Å². The lowest BCUT2D eigenvalue weighted by molar-refractivity contribution is 0.0565. The first kappa shape index (κ1) is 34.1. The summed E-state index contributed by atoms with van der Waals surface area (Å²) < 4.78 is 36.2. The summed E-state index contributed by atoms with van der Waals surface area (Å²) >= 11 is 0. The molecule has 4 aromatic carbocycles. The number of ether oxygens (including phenoxy) is 1. The molecule has 0 spiro atoms. The summed E-state index contributed by atoms with van der Waals surface area (Å²) in [6.07, 6.45) is 2.22. The van der Waals surface area contributed by atoms with Crippen LogP contribution in [0.15, 0.2) is 132 Å². The number of carbonyl (C=O) groups excluding carboxylic acids is 1. The number of hydrogen-bond donors (Lipinski definition) is 0. The van der Waals surface area contributed by atoms with Gasteiger partial charge in [-0.1, -0.05) is 104 Å². The lowest BCUT2D eigenvalue weighted by Crippen LogP contribution is -2.49. The SMILES string of the molecule is C[C@@H](COC(=O)N1CCC(N(c2ccccc2)S(=O)(=O)c2cccc3cccnc23)CC1)[C@H](C)N(Cc1ccccc1)Cc1ccccc1. The second-order valence-electron chi connectivity index (χ2n) is 12.9. The highest BCUT2D eigenvalue weighted by Crippen LogP contribution is 2.33. The van der Waals surface area contributed by atoms with E-state index in [9.17, 15) is 13.2 Å². The van der Waals surface area contributed by atoms with Gasteiger partial charge in [-0.15, -0.1) is 0 Å². The normalized spacial score (nSPS) is 15.2. The summed E-state index contributed by atoms with van der Waals surface area (Å²) in [5, 5.41) is 0.765. The van der Waals surface area contributed by atoms with Gasteiger partial charge in [-0.25, -0.2) is 13.2 Å². The number of piperidine rings is 1. The number of aromatic nitrogens is 1. The molecule has 6 rings (SSSR count). The van der Waals surface area contributed by atoms with Crippen LogP contribution in [0.3, 0.4) is 0 Å². The standard InChI is InChI=1S/C40H44N4O4S/c1-31(32(2)43(28-33-14-6-3-7-15-33)29-34-16-8-4-9-17-34)30-48-40(45)42-26-23-37(24-27-42)44(36-20-10-5-11-21-36)49(46,47)38-22-12-18-35-19-13-25-41-39(35)38/h3-22,25,31-32,37H,23-24,26-30H2,1-2H3/t31-,32-/m0/s1. The topological polar surface area (TPSA) is 83.0 Å². The molecule has 0 N–H and O–H groups in total. The quantitative estimate of drug-likeness (QED) is 0.134. The number of nitrogens with zero attached hydrogens (tertiary/aromatic N) is 4. The number of para-hydroxylation sites is 2. The zero-order chi connectivity index (χ0) is 34.2. The van der Waals surface area contributed by atoms with E-state index in [1.165, 1.54) is 15.4 Å². The summed E-state index contributed by atoms with van der Waals surface area (Å²) in [6.45, 7) is 6.98. The number of pyridine rings is 1. The molecule has 0 bridgehead atoms. The van der Waals surface area contributed by atoms with Gasteiger partial charge < -0.3 is 9.64 Å². The zero-order valence-corrected chi connectivity index (χ0v) is 29.0. The number of sulfonamides is 1. The van der Waals surface area contributed by atoms with E-state index in [1.807, 2.05) is 54.6 Å². The average Bonchev–Trinajstić information content (AvgIpc) is 3.14. The van der Waals surface area contributed by atoms with Crippen molar-refractivity contribution in [2.24, 2.45) is 5.92 Å². The molecular weight excluding hydrogens is 633 g/mol. The summed E-state index contributed by atoms with van der Waals surface area (Å²) in [7, 11) is -3.97. The van der Waals surface area contributed by atoms with Crippen LogP contribution in [0.5, 0.6) is 0 Å². The third kappa shape index (κ3) is 8.12. The number of amides is 1. The highest BCUT2D eigenvalue weighted by molar-refractivity contribution is 7.93. The van der Waals surface area contributed by atoms with Crippen molar-refractivity contribution >= 4 is 32.7 Å². The third-order valence-electron chi connectivity index (χ3n) is 9.52. The molecule has 1 amide bonds. The maximum absolute atomic E-state index is 14.4. The van der Waals surface area contributed by atoms with Crippen LogP contribution in [0, 0.1) is 5.92 Å². The second-order valence-corrected chi connectivity index (χ2v) is 14.6. The van der Waals surface area contributed by atoms with Crippen molar-refractivity contribution in [2.45, 2.75) is 56.8 Å². The number of anilines is 1. The minimum atomic E-state index is -3.97. The molecule has 49 heavy (non-hydrogen) atoms. The Balaban J connectivity index is 1.11. The van der Waals surface area contributed by atoms with Crippen LogP contribution in [0.25, 0.3) is 10.9 Å². The summed E-state index contributed by atoms with van der Waals surface area (Å²) in [5.41, 5.74) is 3.51. The number of fused-ring (bicyclic) bond motifs is 1. The van der Waals surface area contributed by atoms with E-state index < -0.39 is 10.0 Å². The number of benzene rings is 4. The van der Waals surface area contributed by atoms with E-state index in [-0.39, 0.29) is 29.0 Å². The molecule has 0 unspecified atom stereocenters. The Morgan fingerprint density at radius 1 is 0.796 bits per heavy atom. The van der Waals surface area contributed by atoms with Crippen LogP contribution in [-0.2, 0) is 27.8 Å². The molecule has 1 saturated heterocycles. The Hall–Kier alpha value is -4.73. The molecule has 1 aliphatic rings. The molecule has 0 radical (unpaired) electrons. The Kier molecular flexibility index (Phi) is 10.9. The van der Waals surface area contributed by atoms with Crippen LogP contribution in [-0.4, -0.2) is 61.1 Å². The van der Waals surface area contributed by atoms with Crippen molar-refractivity contribution in [1.82, 2.24) is 14.8 Å². The first-order valence-electron chi connectivity index (χ1n) is 17.0. The van der Waals surface area contributed by atoms with Gasteiger partial charge in [-0.3, -0.25) is 14.2 Å². The Labute approximate surface area is 290 Å². The van der Waals surface area contributed by atoms with E-state index in [2.05, 4.69) is 72.3 Å². The van der Waals surface area contributed by atoms with Crippen LogP contribution >= 0.6 is 0 Å². The Bertz CT molecular complexity index is 1870. The fourth-order valence-corrected chi connectivity index (χ4v) is 8.45. The third-order valence-corrected chi connectivity index (χ3v) is 11.4. The fraction of sp³-hybridized carbons (Fsp3) is 0.300. The van der Waals surface area contributed by atoms with Crippen molar-refractivity contribution in [3.8, 4) is 0 Å². The van der Waals surface area contributed by atoms with Crippen molar-refractivity contribution in [3.05, 3.63) is 139 Å². The molecular formula is C40H44N4O4S. The monoisotopic (exact) mass is 676 g/mol. The molecule has 1 fully saturated rings. The molecule has 1 aliphatic heterocycles. The lowest BCUT2D eigenvalue weighted by Gasteiger charge is -2.39. The molecule has 8 nitrogen and oxygen atoms in total. The number of hydrogen-bond acceptors (Lipinski definition) is 6. The largest absolute Gasteiger partial charge is 0.449 e. The predicted octanol–water partition coefficient (Wildman–Crippen LogP) is 7.76. The van der Waals surface area contributed by atoms with Gasteiger partial charge in [0.05, 0.1) is 17.8 Å². The number of carbonyl (C=O) groups is 1. The number of likely N-dealkylation sites (tertiary alicyclic amines) is 1. The zero-order valence-electron chi connectivity index (χ0n) is 28.1. The van der Waals surface area contributed by atoms with Gasteiger partial charge >= 0.3 is 6.09 Å². The van der Waals surface area contributed by atoms with Gasteiger partial charge in [0.2, 0.25) is 0 Å². The number of rotatable bonds is 12. The molecule has 1 aromatic heterocycles. The van der Waals surface area contributed by atoms with E-state index in [0.717, 1.165) is 18.5 Å². The maximum atomic E-state index is 14.4. The first-order valence-corrected chi connectivity index (χ1v) is 18.4. The molecule has 5 aromatic rings. The van der Waals surface area contributed by atoms with E-state index in [0.29, 0.717) is 43.7 Å². The highest BCUT2D eigenvalue weighted by Gasteiger charge is 2.36. The molecule has 254 valence electrons. The molecule has 2 heterocycles. The van der Waals surface area contributed by atoms with Gasteiger partial charge in [0.25, 0.3) is 10.0 Å². The molecule has 0 saturated carbocycles. The summed E-state index contributed by atoms with van der Waals surface area (Å²) in [4.78, 5) is 22.1. The predicted molar refractivity (Wildman–Crippen MR) is 195 cm³/mol. The summed E-state index contributed by atoms with van der Waals surface area (Å²) in [6, 6.07) is 38.8. The van der Waals surface area contributed by atoms with Crippen molar-refractivity contribution < 1.29 is 17.9 Å². The van der Waals surface area contributed by atoms with Gasteiger partial charge in [0.1, 0.15) is 4.90 Å². The minimum absolute atomic E-state index is 0.0851. The van der Waals surface area contributed by atoms with E-state index in [1.54, 1.807) is 29.3 Å². The minimum Gasteiger partial charge on any atom is -0.449 e. The van der Waals surface area contributed by atoms with Crippen LogP contribution in [0.2, 0.25) is 0 Å². The molecule has 2 atom stereocenters. The smallest absolute Gasteiger partial charge is 0.409 e. The molecule has 0 aliphatic carbocycles. The van der Waals surface area contributed by atoms with Crippen LogP contribution in [0.1, 0.15) is 37.8 Å². The van der Waals surface area contributed by atoms with Crippen LogP contribution in [0.4, 0.5) is 10.5 Å². The van der Waals surface area contributed by atoms with Gasteiger partial charge in [-0.2, -0.15) is 0 Å².